The third kappa shape index (κ3) is 3.97. The first-order chi connectivity index (χ1) is 13.2. The van der Waals surface area contributed by atoms with E-state index in [1.54, 1.807) is 7.11 Å². The average molecular weight is 365 g/mol. The van der Waals surface area contributed by atoms with Crippen LogP contribution in [0.3, 0.4) is 0 Å². The molecule has 0 N–H and O–H groups in total. The lowest BCUT2D eigenvalue weighted by atomic mass is 10.0. The highest BCUT2D eigenvalue weighted by atomic mass is 16.5. The van der Waals surface area contributed by atoms with E-state index in [9.17, 15) is 5.26 Å². The number of ether oxygens (including phenoxy) is 1. The predicted octanol–water partition coefficient (Wildman–Crippen LogP) is 3.20. The first kappa shape index (κ1) is 19.0. The topological polar surface area (TPSA) is 65.3 Å². The van der Waals surface area contributed by atoms with Gasteiger partial charge >= 0.3 is 0 Å². The summed E-state index contributed by atoms with van der Waals surface area (Å²) < 4.78 is 5.25. The minimum atomic E-state index is 0.697. The second-order valence-corrected chi connectivity index (χ2v) is 6.67. The molecule has 0 radical (unpaired) electrons. The smallest absolute Gasteiger partial charge is 0.169 e. The number of nitriles is 1. The molecule has 142 valence electrons. The third-order valence-electron chi connectivity index (χ3n) is 5.17. The zero-order valence-electron chi connectivity index (χ0n) is 16.4. The molecular formula is C21H27N5O. The molecule has 1 aromatic heterocycles. The van der Waals surface area contributed by atoms with E-state index in [4.69, 9.17) is 4.74 Å². The van der Waals surface area contributed by atoms with Crippen molar-refractivity contribution in [2.75, 3.05) is 43.1 Å². The molecule has 6 heteroatoms. The Hall–Kier alpha value is -2.81. The highest BCUT2D eigenvalue weighted by molar-refractivity contribution is 5.59. The number of rotatable bonds is 5. The lowest BCUT2D eigenvalue weighted by Gasteiger charge is -2.25. The minimum absolute atomic E-state index is 0.697. The molecule has 27 heavy (non-hydrogen) atoms. The van der Waals surface area contributed by atoms with Crippen LogP contribution in [-0.2, 0) is 12.8 Å². The molecule has 0 bridgehead atoms. The van der Waals surface area contributed by atoms with Gasteiger partial charge in [0.15, 0.2) is 5.82 Å². The molecule has 0 spiro atoms. The molecule has 2 heterocycles. The molecule has 0 saturated carbocycles. The van der Waals surface area contributed by atoms with Crippen molar-refractivity contribution < 1.29 is 4.74 Å². The van der Waals surface area contributed by atoms with Gasteiger partial charge in [0.1, 0.15) is 17.4 Å². The Labute approximate surface area is 161 Å². The van der Waals surface area contributed by atoms with Crippen molar-refractivity contribution in [3.63, 3.8) is 0 Å². The van der Waals surface area contributed by atoms with Crippen LogP contribution in [0.1, 0.15) is 37.1 Å². The van der Waals surface area contributed by atoms with E-state index in [1.807, 2.05) is 12.1 Å². The molecule has 1 aromatic carbocycles. The number of benzene rings is 1. The van der Waals surface area contributed by atoms with Crippen LogP contribution in [0.5, 0.6) is 5.75 Å². The van der Waals surface area contributed by atoms with Gasteiger partial charge in [-0.15, -0.1) is 5.10 Å². The van der Waals surface area contributed by atoms with Gasteiger partial charge in [-0.3, -0.25) is 0 Å². The van der Waals surface area contributed by atoms with Crippen LogP contribution >= 0.6 is 0 Å². The molecule has 1 fully saturated rings. The molecule has 0 atom stereocenters. The number of anilines is 2. The summed E-state index contributed by atoms with van der Waals surface area (Å²) in [4.78, 5) is 4.59. The third-order valence-corrected chi connectivity index (χ3v) is 5.17. The Bertz CT molecular complexity index is 813. The molecule has 1 aliphatic heterocycles. The van der Waals surface area contributed by atoms with Gasteiger partial charge < -0.3 is 14.5 Å². The van der Waals surface area contributed by atoms with E-state index >= 15 is 0 Å². The normalized spacial score (nSPS) is 14.6. The van der Waals surface area contributed by atoms with Crippen molar-refractivity contribution in [3.05, 3.63) is 41.1 Å². The maximum atomic E-state index is 9.76. The minimum Gasteiger partial charge on any atom is -0.497 e. The second kappa shape index (κ2) is 8.72. The van der Waals surface area contributed by atoms with Crippen molar-refractivity contribution in [2.45, 2.75) is 33.1 Å². The average Bonchev–Trinajstić information content (AvgIpc) is 2.98. The maximum Gasteiger partial charge on any atom is 0.169 e. The Balaban J connectivity index is 1.81. The van der Waals surface area contributed by atoms with Gasteiger partial charge in [0.25, 0.3) is 0 Å². The quantitative estimate of drug-likeness (QED) is 0.811. The number of hydrogen-bond acceptors (Lipinski definition) is 6. The number of nitrogens with zero attached hydrogens (tertiary/aromatic N) is 5. The summed E-state index contributed by atoms with van der Waals surface area (Å²) in [5.74, 6) is 1.61. The Kier molecular flexibility index (Phi) is 6.12. The highest BCUT2D eigenvalue weighted by Crippen LogP contribution is 2.26. The monoisotopic (exact) mass is 365 g/mol. The fraction of sp³-hybridized carbons (Fsp3) is 0.476. The summed E-state index contributed by atoms with van der Waals surface area (Å²) in [6.07, 6.45) is 2.62. The van der Waals surface area contributed by atoms with Crippen LogP contribution in [0, 0.1) is 11.3 Å². The standard InChI is InChI=1S/C21H27N5O/c1-4-18-19(15-22)21(24-23-20(18)5-2)26-12-6-11-25(13-14-26)16-7-9-17(27-3)10-8-16/h7-10H,4-6,11-14H2,1-3H3. The van der Waals surface area contributed by atoms with E-state index in [0.29, 0.717) is 5.56 Å². The summed E-state index contributed by atoms with van der Waals surface area (Å²) in [7, 11) is 1.68. The second-order valence-electron chi connectivity index (χ2n) is 6.67. The molecule has 0 amide bonds. The van der Waals surface area contributed by atoms with Crippen LogP contribution in [0.25, 0.3) is 0 Å². The first-order valence-electron chi connectivity index (χ1n) is 9.64. The SMILES string of the molecule is CCc1nnc(N2CCCN(c3ccc(OC)cc3)CC2)c(C#N)c1CC. The maximum absolute atomic E-state index is 9.76. The van der Waals surface area contributed by atoms with Crippen LogP contribution in [-0.4, -0.2) is 43.5 Å². The Morgan fingerprint density at radius 1 is 1.00 bits per heavy atom. The zero-order valence-corrected chi connectivity index (χ0v) is 16.4. The predicted molar refractivity (Wildman–Crippen MR) is 108 cm³/mol. The van der Waals surface area contributed by atoms with Crippen LogP contribution in [0.2, 0.25) is 0 Å². The molecular weight excluding hydrogens is 338 g/mol. The van der Waals surface area contributed by atoms with E-state index in [1.165, 1.54) is 5.69 Å². The van der Waals surface area contributed by atoms with Gasteiger partial charge in [0.2, 0.25) is 0 Å². The van der Waals surface area contributed by atoms with Crippen molar-refractivity contribution >= 4 is 11.5 Å². The molecule has 0 unspecified atom stereocenters. The van der Waals surface area contributed by atoms with Crippen molar-refractivity contribution in [3.8, 4) is 11.8 Å². The first-order valence-corrected chi connectivity index (χ1v) is 9.64. The van der Waals surface area contributed by atoms with Gasteiger partial charge in [-0.2, -0.15) is 10.4 Å². The summed E-state index contributed by atoms with van der Waals surface area (Å²) in [6.45, 7) is 7.70. The van der Waals surface area contributed by atoms with Gasteiger partial charge in [-0.25, -0.2) is 0 Å². The largest absolute Gasteiger partial charge is 0.497 e. The molecule has 0 aliphatic carbocycles. The van der Waals surface area contributed by atoms with Crippen LogP contribution in [0.4, 0.5) is 11.5 Å². The highest BCUT2D eigenvalue weighted by Gasteiger charge is 2.22. The fourth-order valence-electron chi connectivity index (χ4n) is 3.68. The van der Waals surface area contributed by atoms with Crippen molar-refractivity contribution in [1.82, 2.24) is 10.2 Å². The van der Waals surface area contributed by atoms with Crippen molar-refractivity contribution in [2.24, 2.45) is 0 Å². The number of aromatic nitrogens is 2. The summed E-state index contributed by atoms with van der Waals surface area (Å²) in [6, 6.07) is 10.6. The van der Waals surface area contributed by atoms with Crippen LogP contribution in [0.15, 0.2) is 24.3 Å². The molecule has 1 saturated heterocycles. The Morgan fingerprint density at radius 3 is 2.33 bits per heavy atom. The molecule has 1 aliphatic rings. The zero-order chi connectivity index (χ0) is 19.2. The summed E-state index contributed by atoms with van der Waals surface area (Å²) in [5.41, 5.74) is 3.87. The number of aryl methyl sites for hydroxylation is 1. The van der Waals surface area contributed by atoms with Crippen LogP contribution < -0.4 is 14.5 Å². The molecule has 6 nitrogen and oxygen atoms in total. The fourth-order valence-corrected chi connectivity index (χ4v) is 3.68. The van der Waals surface area contributed by atoms with Gasteiger partial charge in [-0.1, -0.05) is 13.8 Å². The molecule has 3 rings (SSSR count). The summed E-state index contributed by atoms with van der Waals surface area (Å²) >= 11 is 0. The lowest BCUT2D eigenvalue weighted by Crippen LogP contribution is -2.32. The van der Waals surface area contributed by atoms with Gasteiger partial charge in [0.05, 0.1) is 12.8 Å². The summed E-state index contributed by atoms with van der Waals surface area (Å²) in [5, 5.41) is 18.6. The lowest BCUT2D eigenvalue weighted by molar-refractivity contribution is 0.415. The Morgan fingerprint density at radius 2 is 1.70 bits per heavy atom. The number of hydrogen-bond donors (Lipinski definition) is 0. The van der Waals surface area contributed by atoms with E-state index in [-0.39, 0.29) is 0 Å². The molecule has 2 aromatic rings. The van der Waals surface area contributed by atoms with E-state index < -0.39 is 0 Å². The van der Waals surface area contributed by atoms with Gasteiger partial charge in [-0.05, 0) is 49.1 Å². The van der Waals surface area contributed by atoms with E-state index in [2.05, 4.69) is 52.0 Å². The van der Waals surface area contributed by atoms with Crippen molar-refractivity contribution in [1.29, 1.82) is 5.26 Å². The number of methoxy groups -OCH3 is 1. The van der Waals surface area contributed by atoms with E-state index in [0.717, 1.165) is 68.3 Å². The van der Waals surface area contributed by atoms with Gasteiger partial charge in [0, 0.05) is 31.9 Å².